The summed E-state index contributed by atoms with van der Waals surface area (Å²) in [5.41, 5.74) is -0.569. The maximum atomic E-state index is 12.4. The Morgan fingerprint density at radius 2 is 2.00 bits per heavy atom. The fraction of sp³-hybridized carbons (Fsp3) is 0.917. The Kier molecular flexibility index (Phi) is 5.20. The zero-order chi connectivity index (χ0) is 14.7. The summed E-state index contributed by atoms with van der Waals surface area (Å²) in [6, 6.07) is -1.71. The Balaban J connectivity index is 2.35. The number of halogens is 3. The van der Waals surface area contributed by atoms with Gasteiger partial charge in [0.2, 0.25) is 5.91 Å². The van der Waals surface area contributed by atoms with Gasteiger partial charge in [-0.2, -0.15) is 13.2 Å². The summed E-state index contributed by atoms with van der Waals surface area (Å²) in [6.45, 7) is 3.71. The van der Waals surface area contributed by atoms with E-state index in [2.05, 4.69) is 10.6 Å². The number of carbonyl (C=O) groups excluding carboxylic acids is 1. The minimum atomic E-state index is -4.22. The Labute approximate surface area is 111 Å². The summed E-state index contributed by atoms with van der Waals surface area (Å²) >= 11 is 0. The van der Waals surface area contributed by atoms with Crippen LogP contribution >= 0.6 is 0 Å². The Hall–Kier alpha value is -0.820. The maximum Gasteiger partial charge on any atom is 0.403 e. The maximum absolute atomic E-state index is 12.4. The molecule has 1 aliphatic heterocycles. The lowest BCUT2D eigenvalue weighted by atomic mass is 9.99. The van der Waals surface area contributed by atoms with Crippen LogP contribution in [0.25, 0.3) is 0 Å². The van der Waals surface area contributed by atoms with E-state index in [0.29, 0.717) is 6.42 Å². The first-order valence-corrected chi connectivity index (χ1v) is 6.28. The fourth-order valence-corrected chi connectivity index (χ4v) is 2.00. The van der Waals surface area contributed by atoms with E-state index in [-0.39, 0.29) is 31.3 Å². The van der Waals surface area contributed by atoms with Gasteiger partial charge in [-0.15, -0.1) is 0 Å². The number of alkyl halides is 3. The van der Waals surface area contributed by atoms with E-state index in [0.717, 1.165) is 0 Å². The van der Waals surface area contributed by atoms with Crippen LogP contribution in [0.4, 0.5) is 13.2 Å². The van der Waals surface area contributed by atoms with Crippen molar-refractivity contribution in [1.29, 1.82) is 0 Å². The molecule has 0 aromatic heterocycles. The van der Waals surface area contributed by atoms with Crippen LogP contribution in [0.2, 0.25) is 0 Å². The van der Waals surface area contributed by atoms with Crippen molar-refractivity contribution >= 4 is 5.91 Å². The zero-order valence-electron chi connectivity index (χ0n) is 11.4. The summed E-state index contributed by atoms with van der Waals surface area (Å²) in [5.74, 6) is -0.205. The lowest BCUT2D eigenvalue weighted by molar-refractivity contribution is -0.161. The number of carbonyl (C=O) groups is 1. The molecule has 0 aromatic rings. The standard InChI is InChI=1S/C12H21F3N2O2/c1-11(2,19-3)6-10(18)17-8-4-5-9(16-7-8)12(13,14)15/h8-9,16H,4-7H2,1-3H3,(H,17,18). The monoisotopic (exact) mass is 282 g/mol. The highest BCUT2D eigenvalue weighted by molar-refractivity contribution is 5.77. The highest BCUT2D eigenvalue weighted by Gasteiger charge is 2.41. The van der Waals surface area contributed by atoms with Crippen LogP contribution in [-0.2, 0) is 9.53 Å². The predicted octanol–water partition coefficient (Wildman–Crippen LogP) is 1.60. The minimum Gasteiger partial charge on any atom is -0.378 e. The van der Waals surface area contributed by atoms with Gasteiger partial charge in [-0.1, -0.05) is 0 Å². The van der Waals surface area contributed by atoms with Crippen molar-refractivity contribution in [2.45, 2.75) is 57.0 Å². The number of amides is 1. The molecular weight excluding hydrogens is 261 g/mol. The van der Waals surface area contributed by atoms with Gasteiger partial charge in [0.25, 0.3) is 0 Å². The van der Waals surface area contributed by atoms with Crippen molar-refractivity contribution in [3.05, 3.63) is 0 Å². The lowest BCUT2D eigenvalue weighted by Gasteiger charge is -2.32. The number of hydrogen-bond donors (Lipinski definition) is 2. The van der Waals surface area contributed by atoms with Crippen molar-refractivity contribution in [3.63, 3.8) is 0 Å². The van der Waals surface area contributed by atoms with Crippen LogP contribution in [0.1, 0.15) is 33.1 Å². The van der Waals surface area contributed by atoms with E-state index in [9.17, 15) is 18.0 Å². The second-order valence-electron chi connectivity index (χ2n) is 5.48. The first-order chi connectivity index (χ1) is 8.64. The van der Waals surface area contributed by atoms with Crippen molar-refractivity contribution in [2.24, 2.45) is 0 Å². The number of ether oxygens (including phenoxy) is 1. The molecule has 4 nitrogen and oxygen atoms in total. The molecule has 0 saturated carbocycles. The van der Waals surface area contributed by atoms with Gasteiger partial charge in [-0.3, -0.25) is 4.79 Å². The number of hydrogen-bond acceptors (Lipinski definition) is 3. The van der Waals surface area contributed by atoms with Crippen LogP contribution in [0.15, 0.2) is 0 Å². The summed E-state index contributed by atoms with van der Waals surface area (Å²) in [7, 11) is 1.52. The second kappa shape index (κ2) is 6.09. The van der Waals surface area contributed by atoms with E-state index in [1.807, 2.05) is 0 Å². The molecule has 1 amide bonds. The number of nitrogens with one attached hydrogen (secondary N) is 2. The van der Waals surface area contributed by atoms with Gasteiger partial charge in [-0.25, -0.2) is 0 Å². The third kappa shape index (κ3) is 5.36. The molecule has 2 atom stereocenters. The molecule has 1 fully saturated rings. The van der Waals surface area contributed by atoms with Gasteiger partial charge in [0, 0.05) is 19.7 Å². The van der Waals surface area contributed by atoms with Crippen LogP contribution in [-0.4, -0.2) is 43.4 Å². The minimum absolute atomic E-state index is 0.0118. The molecule has 0 aromatic carbocycles. The summed E-state index contributed by atoms with van der Waals surface area (Å²) in [4.78, 5) is 11.7. The van der Waals surface area contributed by atoms with Crippen molar-refractivity contribution < 1.29 is 22.7 Å². The van der Waals surface area contributed by atoms with E-state index >= 15 is 0 Å². The average Bonchev–Trinajstić information content (AvgIpc) is 2.27. The molecule has 7 heteroatoms. The smallest absolute Gasteiger partial charge is 0.378 e. The molecule has 19 heavy (non-hydrogen) atoms. The molecule has 1 rings (SSSR count). The Morgan fingerprint density at radius 1 is 1.37 bits per heavy atom. The lowest BCUT2D eigenvalue weighted by Crippen LogP contribution is -2.54. The third-order valence-electron chi connectivity index (χ3n) is 3.31. The van der Waals surface area contributed by atoms with Gasteiger partial charge in [0.05, 0.1) is 12.0 Å². The largest absolute Gasteiger partial charge is 0.403 e. The van der Waals surface area contributed by atoms with E-state index < -0.39 is 17.8 Å². The van der Waals surface area contributed by atoms with Crippen LogP contribution < -0.4 is 10.6 Å². The normalized spacial score (nSPS) is 25.2. The molecule has 1 aliphatic rings. The fourth-order valence-electron chi connectivity index (χ4n) is 2.00. The summed E-state index contributed by atoms with van der Waals surface area (Å²) in [5, 5.41) is 5.15. The molecule has 1 saturated heterocycles. The number of piperidine rings is 1. The molecule has 2 N–H and O–H groups in total. The van der Waals surface area contributed by atoms with E-state index in [1.54, 1.807) is 13.8 Å². The van der Waals surface area contributed by atoms with Crippen molar-refractivity contribution in [2.75, 3.05) is 13.7 Å². The number of rotatable bonds is 4. The molecule has 112 valence electrons. The second-order valence-corrected chi connectivity index (χ2v) is 5.48. The Morgan fingerprint density at radius 3 is 2.42 bits per heavy atom. The first-order valence-electron chi connectivity index (χ1n) is 6.28. The SMILES string of the molecule is COC(C)(C)CC(=O)NC1CCC(C(F)(F)F)NC1. The van der Waals surface area contributed by atoms with Crippen molar-refractivity contribution in [3.8, 4) is 0 Å². The molecule has 2 unspecified atom stereocenters. The van der Waals surface area contributed by atoms with Crippen LogP contribution in [0.3, 0.4) is 0 Å². The molecule has 0 spiro atoms. The zero-order valence-corrected chi connectivity index (χ0v) is 11.4. The van der Waals surface area contributed by atoms with Crippen LogP contribution in [0.5, 0.6) is 0 Å². The average molecular weight is 282 g/mol. The third-order valence-corrected chi connectivity index (χ3v) is 3.31. The van der Waals surface area contributed by atoms with Gasteiger partial charge in [0.15, 0.2) is 0 Å². The number of methoxy groups -OCH3 is 1. The predicted molar refractivity (Wildman–Crippen MR) is 64.7 cm³/mol. The molecule has 0 radical (unpaired) electrons. The molecule has 1 heterocycles. The van der Waals surface area contributed by atoms with Gasteiger partial charge >= 0.3 is 6.18 Å². The van der Waals surface area contributed by atoms with Gasteiger partial charge < -0.3 is 15.4 Å². The quantitative estimate of drug-likeness (QED) is 0.823. The summed E-state index contributed by atoms with van der Waals surface area (Å²) < 4.78 is 42.4. The first kappa shape index (κ1) is 16.2. The molecular formula is C12H21F3N2O2. The highest BCUT2D eigenvalue weighted by atomic mass is 19.4. The molecule has 0 aliphatic carbocycles. The van der Waals surface area contributed by atoms with Gasteiger partial charge in [0.1, 0.15) is 6.04 Å². The van der Waals surface area contributed by atoms with E-state index in [4.69, 9.17) is 4.74 Å². The van der Waals surface area contributed by atoms with Crippen LogP contribution in [0, 0.1) is 0 Å². The topological polar surface area (TPSA) is 50.4 Å². The van der Waals surface area contributed by atoms with Crippen molar-refractivity contribution in [1.82, 2.24) is 10.6 Å². The summed E-state index contributed by atoms with van der Waals surface area (Å²) in [6.07, 6.45) is -3.71. The molecule has 0 bridgehead atoms. The van der Waals surface area contributed by atoms with E-state index in [1.165, 1.54) is 7.11 Å². The highest BCUT2D eigenvalue weighted by Crippen LogP contribution is 2.26. The van der Waals surface area contributed by atoms with Gasteiger partial charge in [-0.05, 0) is 26.7 Å². The Bertz CT molecular complexity index is 311.